The number of nitrogens with one attached hydrogen (secondary N) is 3. The van der Waals surface area contributed by atoms with E-state index in [9.17, 15) is 9.59 Å². The molecular formula is C42H27Br2Cl2N5O6. The summed E-state index contributed by atoms with van der Waals surface area (Å²) in [6, 6.07) is 20.8. The van der Waals surface area contributed by atoms with Crippen LogP contribution in [-0.4, -0.2) is 39.1 Å². The van der Waals surface area contributed by atoms with Crippen LogP contribution in [0.2, 0.25) is 10.3 Å². The lowest BCUT2D eigenvalue weighted by Gasteiger charge is -2.28. The molecule has 4 aromatic carbocycles. The van der Waals surface area contributed by atoms with E-state index < -0.39 is 35.6 Å². The second-order valence-corrected chi connectivity index (χ2v) is 17.4. The van der Waals surface area contributed by atoms with Crippen LogP contribution in [0.4, 0.5) is 0 Å². The number of rotatable bonds is 3. The topological polar surface area (TPSA) is 145 Å². The molecule has 284 valence electrons. The van der Waals surface area contributed by atoms with Gasteiger partial charge in [-0.25, -0.2) is 4.98 Å². The minimum Gasteiger partial charge on any atom is -0.452 e. The number of aromatic amines is 1. The van der Waals surface area contributed by atoms with Crippen LogP contribution < -0.4 is 20.1 Å². The lowest BCUT2D eigenvalue weighted by Crippen LogP contribution is -2.49. The number of carbonyl (C=O) groups excluding carboxylic acids is 2. The zero-order valence-electron chi connectivity index (χ0n) is 29.8. The highest BCUT2D eigenvalue weighted by Crippen LogP contribution is 2.64. The summed E-state index contributed by atoms with van der Waals surface area (Å²) in [7, 11) is 0. The van der Waals surface area contributed by atoms with Crippen molar-refractivity contribution in [1.29, 1.82) is 0 Å². The van der Waals surface area contributed by atoms with Crippen molar-refractivity contribution in [2.45, 2.75) is 44.1 Å². The second kappa shape index (κ2) is 12.5. The molecule has 15 heteroatoms. The lowest BCUT2D eigenvalue weighted by atomic mass is 9.70. The Labute approximate surface area is 350 Å². The van der Waals surface area contributed by atoms with E-state index >= 15 is 0 Å². The van der Waals surface area contributed by atoms with Crippen molar-refractivity contribution < 1.29 is 27.9 Å². The van der Waals surface area contributed by atoms with Gasteiger partial charge in [-0.05, 0) is 69.4 Å². The van der Waals surface area contributed by atoms with Crippen molar-refractivity contribution >= 4 is 77.8 Å². The third-order valence-electron chi connectivity index (χ3n) is 11.3. The number of fused-ring (bicyclic) bond motifs is 6. The maximum absolute atomic E-state index is 14.6. The molecule has 4 aliphatic rings. The van der Waals surface area contributed by atoms with Gasteiger partial charge in [-0.15, -0.1) is 0 Å². The SMILES string of the molecule is CC(C)[C@@H]1NC(=O)[C@@H](NC(=O)c2ccc(Br)cc2)Cc2ccc(Br)c3c2C24c5cccc(c5OC2O3)-c2cccc3[nH]c(Cl)c(c23)-c2oc(nc2Cl)-c2nc1oc24. The number of benzene rings is 4. The number of nitrogens with zero attached hydrogens (tertiary/aromatic N) is 2. The molecule has 0 radical (unpaired) electrons. The summed E-state index contributed by atoms with van der Waals surface area (Å²) in [5.41, 5.74) is 4.32. The Bertz CT molecular complexity index is 2900. The fourth-order valence-corrected chi connectivity index (χ4v) is 9.95. The molecule has 3 N–H and O–H groups in total. The number of H-pyrrole nitrogens is 1. The summed E-state index contributed by atoms with van der Waals surface area (Å²) in [4.78, 5) is 41.5. The predicted molar refractivity (Wildman–Crippen MR) is 219 cm³/mol. The van der Waals surface area contributed by atoms with Crippen LogP contribution in [-0.2, 0) is 16.6 Å². The molecule has 4 atom stereocenters. The van der Waals surface area contributed by atoms with E-state index in [1.54, 1.807) is 24.3 Å². The van der Waals surface area contributed by atoms with Crippen LogP contribution in [0.25, 0.3) is 44.9 Å². The number of oxazole rings is 2. The van der Waals surface area contributed by atoms with Crippen molar-refractivity contribution in [1.82, 2.24) is 25.6 Å². The Morgan fingerprint density at radius 1 is 0.947 bits per heavy atom. The second-order valence-electron chi connectivity index (χ2n) is 14.8. The van der Waals surface area contributed by atoms with Crippen molar-refractivity contribution in [3.8, 4) is 45.5 Å². The summed E-state index contributed by atoms with van der Waals surface area (Å²) in [6.45, 7) is 3.90. The molecule has 0 saturated heterocycles. The van der Waals surface area contributed by atoms with Gasteiger partial charge in [-0.2, -0.15) is 4.98 Å². The first-order valence-electron chi connectivity index (χ1n) is 18.2. The van der Waals surface area contributed by atoms with Crippen molar-refractivity contribution in [3.63, 3.8) is 0 Å². The van der Waals surface area contributed by atoms with E-state index in [0.717, 1.165) is 32.1 Å². The minimum absolute atomic E-state index is 0.0777. The van der Waals surface area contributed by atoms with Crippen LogP contribution in [0.1, 0.15) is 58.6 Å². The first-order valence-corrected chi connectivity index (χ1v) is 20.5. The molecule has 2 unspecified atom stereocenters. The number of ether oxygens (including phenoxy) is 2. The zero-order chi connectivity index (χ0) is 39.1. The van der Waals surface area contributed by atoms with Gasteiger partial charge < -0.3 is 33.9 Å². The van der Waals surface area contributed by atoms with Crippen molar-refractivity contribution in [2.24, 2.45) is 5.92 Å². The molecule has 11 rings (SSSR count). The highest BCUT2D eigenvalue weighted by Gasteiger charge is 2.65. The Morgan fingerprint density at radius 3 is 2.53 bits per heavy atom. The van der Waals surface area contributed by atoms with Crippen LogP contribution in [0.5, 0.6) is 11.5 Å². The highest BCUT2D eigenvalue weighted by molar-refractivity contribution is 9.10. The van der Waals surface area contributed by atoms with E-state index in [4.69, 9.17) is 51.5 Å². The number of carbonyl (C=O) groups is 2. The maximum Gasteiger partial charge on any atom is 0.262 e. The first kappa shape index (κ1) is 35.1. The average Bonchev–Trinajstić information content (AvgIpc) is 3.99. The minimum atomic E-state index is -1.33. The van der Waals surface area contributed by atoms with E-state index in [1.165, 1.54) is 0 Å². The molecule has 1 spiro atoms. The molecule has 3 aromatic heterocycles. The number of hydrogen-bond acceptors (Lipinski definition) is 8. The van der Waals surface area contributed by atoms with Crippen molar-refractivity contribution in [2.75, 3.05) is 0 Å². The van der Waals surface area contributed by atoms with Gasteiger partial charge in [0.1, 0.15) is 28.7 Å². The smallest absolute Gasteiger partial charge is 0.262 e. The Kier molecular flexibility index (Phi) is 7.67. The molecule has 0 aliphatic carbocycles. The lowest BCUT2D eigenvalue weighted by molar-refractivity contribution is -0.124. The van der Waals surface area contributed by atoms with Gasteiger partial charge in [0, 0.05) is 44.1 Å². The van der Waals surface area contributed by atoms with E-state index in [0.29, 0.717) is 49.1 Å². The molecule has 2 amide bonds. The Hall–Kier alpha value is -5.08. The molecule has 0 saturated carbocycles. The monoisotopic (exact) mass is 925 g/mol. The summed E-state index contributed by atoms with van der Waals surface area (Å²) >= 11 is 21.1. The fourth-order valence-electron chi connectivity index (χ4n) is 8.77. The number of halogens is 4. The number of amides is 2. The quantitative estimate of drug-likeness (QED) is 0.159. The van der Waals surface area contributed by atoms with E-state index in [-0.39, 0.29) is 40.7 Å². The van der Waals surface area contributed by atoms with Gasteiger partial charge in [0.15, 0.2) is 27.8 Å². The third-order valence-corrected chi connectivity index (χ3v) is 13.0. The van der Waals surface area contributed by atoms with Gasteiger partial charge in [0.2, 0.25) is 11.8 Å². The van der Waals surface area contributed by atoms with Crippen LogP contribution in [0, 0.1) is 5.92 Å². The molecule has 11 nitrogen and oxygen atoms in total. The summed E-state index contributed by atoms with van der Waals surface area (Å²) < 4.78 is 29.0. The summed E-state index contributed by atoms with van der Waals surface area (Å²) in [6.07, 6.45) is -0.923. The van der Waals surface area contributed by atoms with Gasteiger partial charge in [0.05, 0.1) is 10.0 Å². The highest BCUT2D eigenvalue weighted by atomic mass is 79.9. The van der Waals surface area contributed by atoms with Crippen LogP contribution >= 0.6 is 55.1 Å². The molecule has 0 fully saturated rings. The Morgan fingerprint density at radius 2 is 1.72 bits per heavy atom. The van der Waals surface area contributed by atoms with Crippen molar-refractivity contribution in [3.05, 3.63) is 126 Å². The Balaban J connectivity index is 1.24. The first-order chi connectivity index (χ1) is 27.5. The van der Waals surface area contributed by atoms with Gasteiger partial charge in [-0.1, -0.05) is 89.4 Å². The molecular weight excluding hydrogens is 901 g/mol. The average molecular weight is 928 g/mol. The molecule has 8 bridgehead atoms. The standard InChI is InChI=1S/C42H27Br2Cl2N5O6/c1-16(2)29-39-50-30-34(57-39)42-22-7-3-6-21(20-5-4-8-24-26(20)27(35(45)47-24)33-36(46)51-40(30)54-33)31(22)55-41(42)56-32-23(44)14-11-18(28(32)42)15-25(38(53)49-29)48-37(52)17-9-12-19(43)13-10-17/h3-14,16,25,29,41,47H,15H2,1-2H3,(H,48,52)(H,49,53)/t25-,29-,41?,42?/m0/s1. The van der Waals surface area contributed by atoms with Crippen LogP contribution in [0.3, 0.4) is 0 Å². The normalized spacial score (nSPS) is 21.0. The number of hydrogen-bond donors (Lipinski definition) is 3. The zero-order valence-corrected chi connectivity index (χ0v) is 34.5. The van der Waals surface area contributed by atoms with E-state index in [1.807, 2.05) is 62.4 Å². The predicted octanol–water partition coefficient (Wildman–Crippen LogP) is 9.90. The number of para-hydroxylation sites is 1. The third kappa shape index (κ3) is 4.89. The maximum atomic E-state index is 14.6. The largest absolute Gasteiger partial charge is 0.452 e. The molecule has 4 aliphatic heterocycles. The molecule has 57 heavy (non-hydrogen) atoms. The summed E-state index contributed by atoms with van der Waals surface area (Å²) in [5, 5.41) is 7.35. The molecule has 7 aromatic rings. The van der Waals surface area contributed by atoms with Gasteiger partial charge >= 0.3 is 0 Å². The van der Waals surface area contributed by atoms with Gasteiger partial charge in [-0.3, -0.25) is 9.59 Å². The van der Waals surface area contributed by atoms with Gasteiger partial charge in [0.25, 0.3) is 18.1 Å². The summed E-state index contributed by atoms with van der Waals surface area (Å²) in [5.74, 6) is 0.877. The fraction of sp³-hybridized carbons (Fsp3) is 0.190. The number of aromatic nitrogens is 3. The van der Waals surface area contributed by atoms with Crippen LogP contribution in [0.15, 0.2) is 90.6 Å². The molecule has 7 heterocycles. The van der Waals surface area contributed by atoms with E-state index in [2.05, 4.69) is 47.5 Å².